The van der Waals surface area contributed by atoms with Crippen LogP contribution in [-0.4, -0.2) is 35.8 Å². The molecule has 7 nitrogen and oxygen atoms in total. The molecule has 0 radical (unpaired) electrons. The molecule has 0 spiro atoms. The molecule has 1 aliphatic rings. The fraction of sp³-hybridized carbons (Fsp3) is 0.241. The molecule has 0 saturated heterocycles. The molecule has 208 valence electrons. The summed E-state index contributed by atoms with van der Waals surface area (Å²) in [5, 5.41) is 5.65. The molecule has 1 aliphatic heterocycles. The van der Waals surface area contributed by atoms with E-state index < -0.39 is 54.7 Å². The van der Waals surface area contributed by atoms with E-state index in [-0.39, 0.29) is 5.56 Å². The largest absolute Gasteiger partial charge is 0.389 e. The van der Waals surface area contributed by atoms with Crippen molar-refractivity contribution in [1.82, 2.24) is 5.32 Å². The number of benzene rings is 3. The zero-order valence-corrected chi connectivity index (χ0v) is 22.1. The number of carbonyl (C=O) groups excluding carboxylic acids is 3. The van der Waals surface area contributed by atoms with E-state index in [1.807, 2.05) is 0 Å². The molecule has 0 saturated carbocycles. The number of amides is 3. The molecule has 4 N–H and O–H groups in total. The van der Waals surface area contributed by atoms with Crippen molar-refractivity contribution in [2.24, 2.45) is 16.6 Å². The van der Waals surface area contributed by atoms with Crippen LogP contribution in [0.2, 0.25) is 5.02 Å². The van der Waals surface area contributed by atoms with Gasteiger partial charge in [0.2, 0.25) is 18.0 Å². The first-order chi connectivity index (χ1) is 18.9. The number of halogens is 4. The van der Waals surface area contributed by atoms with Crippen LogP contribution in [0, 0.1) is 12.8 Å². The summed E-state index contributed by atoms with van der Waals surface area (Å²) < 4.78 is 39.7. The van der Waals surface area contributed by atoms with Crippen molar-refractivity contribution in [1.29, 1.82) is 0 Å². The number of hydrogen-bond donors (Lipinski definition) is 3. The fourth-order valence-corrected chi connectivity index (χ4v) is 4.90. The van der Waals surface area contributed by atoms with Crippen LogP contribution in [0.1, 0.15) is 41.0 Å². The lowest BCUT2D eigenvalue weighted by Crippen LogP contribution is -2.47. The Labute approximate surface area is 233 Å². The van der Waals surface area contributed by atoms with Crippen molar-refractivity contribution in [3.63, 3.8) is 0 Å². The summed E-state index contributed by atoms with van der Waals surface area (Å²) in [4.78, 5) is 43.9. The predicted molar refractivity (Wildman–Crippen MR) is 146 cm³/mol. The second kappa shape index (κ2) is 11.9. The predicted octanol–water partition coefficient (Wildman–Crippen LogP) is 5.11. The normalized spacial score (nSPS) is 16.6. The zero-order chi connectivity index (χ0) is 29.0. The van der Waals surface area contributed by atoms with Gasteiger partial charge in [0.1, 0.15) is 0 Å². The summed E-state index contributed by atoms with van der Waals surface area (Å²) >= 11 is 6.21. The molecule has 3 atom stereocenters. The lowest BCUT2D eigenvalue weighted by atomic mass is 9.81. The van der Waals surface area contributed by atoms with Gasteiger partial charge in [-0.3, -0.25) is 14.4 Å². The minimum absolute atomic E-state index is 0.286. The Morgan fingerprint density at radius 3 is 2.42 bits per heavy atom. The Bertz CT molecular complexity index is 1460. The maximum absolute atomic E-state index is 13.6. The Morgan fingerprint density at radius 1 is 1.07 bits per heavy atom. The van der Waals surface area contributed by atoms with Gasteiger partial charge in [-0.1, -0.05) is 72.3 Å². The average molecular weight is 571 g/mol. The summed E-state index contributed by atoms with van der Waals surface area (Å²) in [6.07, 6.45) is -8.17. The molecule has 3 aromatic rings. The number of aliphatic imine (C=N–C) groups is 1. The van der Waals surface area contributed by atoms with Gasteiger partial charge in [0.05, 0.1) is 23.2 Å². The van der Waals surface area contributed by atoms with E-state index in [1.54, 1.807) is 67.6 Å². The Morgan fingerprint density at radius 2 is 1.77 bits per heavy atom. The van der Waals surface area contributed by atoms with Crippen LogP contribution in [0.15, 0.2) is 77.8 Å². The monoisotopic (exact) mass is 570 g/mol. The van der Waals surface area contributed by atoms with Gasteiger partial charge in [-0.05, 0) is 36.6 Å². The van der Waals surface area contributed by atoms with E-state index in [0.717, 1.165) is 5.56 Å². The van der Waals surface area contributed by atoms with Gasteiger partial charge in [-0.25, -0.2) is 4.99 Å². The number of fused-ring (bicyclic) bond motifs is 1. The number of aryl methyl sites for hydroxylation is 1. The number of rotatable bonds is 8. The quantitative estimate of drug-likeness (QED) is 0.350. The van der Waals surface area contributed by atoms with Gasteiger partial charge in [0.15, 0.2) is 0 Å². The molecule has 4 rings (SSSR count). The van der Waals surface area contributed by atoms with Crippen molar-refractivity contribution < 1.29 is 27.6 Å². The second-order valence-electron chi connectivity index (χ2n) is 9.44. The number of nitrogens with zero attached hydrogens (tertiary/aromatic N) is 1. The van der Waals surface area contributed by atoms with Crippen LogP contribution >= 0.6 is 11.6 Å². The standard InChI is InChI=1S/C29H26ClF3N4O3/c1-16-7-5-12-21-23(16)36-28(40)26(35-24(21)18-10-6-11-19(30)15-18)37-27(39)20(13-14-29(31,32)33)22(25(34)38)17-8-3-2-4-9-17/h2-12,15,20,22,26H,13-14H2,1H3,(H2,34,38)(H,36,40)(H,37,39)/t20-,22+,26?/m1/s1. The van der Waals surface area contributed by atoms with Gasteiger partial charge in [0, 0.05) is 22.6 Å². The third kappa shape index (κ3) is 6.69. The molecule has 3 amide bonds. The van der Waals surface area contributed by atoms with E-state index in [9.17, 15) is 27.6 Å². The highest BCUT2D eigenvalue weighted by atomic mass is 35.5. The first kappa shape index (κ1) is 28.8. The summed E-state index contributed by atoms with van der Waals surface area (Å²) in [6, 6.07) is 19.9. The zero-order valence-electron chi connectivity index (χ0n) is 21.3. The number of para-hydroxylation sites is 1. The van der Waals surface area contributed by atoms with Crippen LogP contribution < -0.4 is 16.4 Å². The lowest BCUT2D eigenvalue weighted by Gasteiger charge is -2.26. The second-order valence-corrected chi connectivity index (χ2v) is 9.87. The number of primary amides is 1. The van der Waals surface area contributed by atoms with Crippen molar-refractivity contribution >= 4 is 40.7 Å². The Kier molecular flexibility index (Phi) is 8.58. The topological polar surface area (TPSA) is 114 Å². The SMILES string of the molecule is Cc1cccc2c1NC(=O)C(NC(=O)[C@H](CCC(F)(F)F)[C@@H](C(N)=O)c1ccccc1)N=C2c1cccc(Cl)c1. The van der Waals surface area contributed by atoms with Gasteiger partial charge in [-0.15, -0.1) is 0 Å². The van der Waals surface area contributed by atoms with Crippen LogP contribution in [0.3, 0.4) is 0 Å². The van der Waals surface area contributed by atoms with E-state index in [0.29, 0.717) is 27.5 Å². The highest BCUT2D eigenvalue weighted by Gasteiger charge is 2.39. The minimum Gasteiger partial charge on any atom is -0.369 e. The molecular weight excluding hydrogens is 545 g/mol. The molecule has 0 aromatic heterocycles. The van der Waals surface area contributed by atoms with Gasteiger partial charge in [-0.2, -0.15) is 13.2 Å². The molecule has 40 heavy (non-hydrogen) atoms. The third-order valence-electron chi connectivity index (χ3n) is 6.60. The highest BCUT2D eigenvalue weighted by molar-refractivity contribution is 6.31. The molecule has 1 unspecified atom stereocenters. The number of benzodiazepines with no additional fused rings is 1. The molecule has 1 heterocycles. The minimum atomic E-state index is -4.59. The first-order valence-corrected chi connectivity index (χ1v) is 12.8. The van der Waals surface area contributed by atoms with Gasteiger partial charge >= 0.3 is 6.18 Å². The van der Waals surface area contributed by atoms with Crippen LogP contribution in [0.5, 0.6) is 0 Å². The maximum atomic E-state index is 13.6. The highest BCUT2D eigenvalue weighted by Crippen LogP contribution is 2.33. The Hall–Kier alpha value is -4.18. The molecule has 3 aromatic carbocycles. The number of anilines is 1. The number of nitrogens with two attached hydrogens (primary N) is 1. The summed E-state index contributed by atoms with van der Waals surface area (Å²) in [5.41, 5.74) is 8.55. The van der Waals surface area contributed by atoms with Crippen LogP contribution in [0.25, 0.3) is 0 Å². The van der Waals surface area contributed by atoms with E-state index in [1.165, 1.54) is 12.1 Å². The maximum Gasteiger partial charge on any atom is 0.389 e. The van der Waals surface area contributed by atoms with Crippen molar-refractivity contribution in [3.8, 4) is 0 Å². The summed E-state index contributed by atoms with van der Waals surface area (Å²) in [7, 11) is 0. The van der Waals surface area contributed by atoms with E-state index in [4.69, 9.17) is 17.3 Å². The van der Waals surface area contributed by atoms with Crippen molar-refractivity contribution in [2.45, 2.75) is 38.0 Å². The van der Waals surface area contributed by atoms with Crippen LogP contribution in [-0.2, 0) is 14.4 Å². The third-order valence-corrected chi connectivity index (χ3v) is 6.84. The first-order valence-electron chi connectivity index (χ1n) is 12.4. The molecule has 11 heteroatoms. The molecule has 0 fully saturated rings. The lowest BCUT2D eigenvalue weighted by molar-refractivity contribution is -0.144. The fourth-order valence-electron chi connectivity index (χ4n) is 4.71. The van der Waals surface area contributed by atoms with Crippen molar-refractivity contribution in [2.75, 3.05) is 5.32 Å². The average Bonchev–Trinajstić information content (AvgIpc) is 3.03. The number of hydrogen-bond acceptors (Lipinski definition) is 4. The number of carbonyl (C=O) groups is 3. The van der Waals surface area contributed by atoms with Gasteiger partial charge < -0.3 is 16.4 Å². The van der Waals surface area contributed by atoms with E-state index in [2.05, 4.69) is 15.6 Å². The van der Waals surface area contributed by atoms with Crippen LogP contribution in [0.4, 0.5) is 18.9 Å². The van der Waals surface area contributed by atoms with Gasteiger partial charge in [0.25, 0.3) is 5.91 Å². The smallest absolute Gasteiger partial charge is 0.369 e. The molecular formula is C29H26ClF3N4O3. The van der Waals surface area contributed by atoms with E-state index >= 15 is 0 Å². The number of nitrogens with one attached hydrogen (secondary N) is 2. The molecule has 0 aliphatic carbocycles. The summed E-state index contributed by atoms with van der Waals surface area (Å²) in [6.45, 7) is 1.79. The molecule has 0 bridgehead atoms. The Balaban J connectivity index is 1.75. The van der Waals surface area contributed by atoms with Crippen molar-refractivity contribution in [3.05, 3.63) is 100 Å². The number of alkyl halides is 3. The summed E-state index contributed by atoms with van der Waals surface area (Å²) in [5.74, 6) is -5.52.